The van der Waals surface area contributed by atoms with Crippen molar-refractivity contribution in [2.75, 3.05) is 10.6 Å². The van der Waals surface area contributed by atoms with Crippen molar-refractivity contribution in [3.8, 4) is 5.75 Å². The molecule has 160 valence electrons. The van der Waals surface area contributed by atoms with Gasteiger partial charge in [-0.05, 0) is 42.8 Å². The fourth-order valence-corrected chi connectivity index (χ4v) is 4.47. The van der Waals surface area contributed by atoms with Crippen LogP contribution in [-0.2, 0) is 11.2 Å². The zero-order valence-corrected chi connectivity index (χ0v) is 17.6. The number of thiazole rings is 2. The lowest BCUT2D eigenvalue weighted by Gasteiger charge is -2.09. The minimum Gasteiger partial charge on any atom is -0.406 e. The van der Waals surface area contributed by atoms with Gasteiger partial charge in [-0.25, -0.2) is 9.97 Å². The van der Waals surface area contributed by atoms with E-state index in [1.165, 1.54) is 46.9 Å². The standard InChI is InChI=1S/C20H15F3N4O2S2/c1-11-3-2-4-15-17(11)27-19(31-15)26-16(28)9-13-10-30-18(25-13)24-12-5-7-14(8-6-12)29-20(21,22)23/h2-8,10H,9H2,1H3,(H,24,25)(H,26,27,28). The number of nitrogens with one attached hydrogen (secondary N) is 2. The number of halogens is 3. The van der Waals surface area contributed by atoms with Gasteiger partial charge in [-0.2, -0.15) is 0 Å². The number of nitrogens with zero attached hydrogens (tertiary/aromatic N) is 2. The van der Waals surface area contributed by atoms with Crippen LogP contribution in [0.1, 0.15) is 11.3 Å². The molecule has 0 unspecified atom stereocenters. The van der Waals surface area contributed by atoms with Crippen LogP contribution in [0.25, 0.3) is 10.2 Å². The van der Waals surface area contributed by atoms with Crippen LogP contribution in [0, 0.1) is 6.92 Å². The molecule has 4 rings (SSSR count). The highest BCUT2D eigenvalue weighted by molar-refractivity contribution is 7.22. The molecule has 2 N–H and O–H groups in total. The van der Waals surface area contributed by atoms with E-state index in [0.717, 1.165) is 15.8 Å². The molecule has 0 spiro atoms. The monoisotopic (exact) mass is 464 g/mol. The van der Waals surface area contributed by atoms with E-state index in [1.807, 2.05) is 25.1 Å². The zero-order chi connectivity index (χ0) is 22.0. The van der Waals surface area contributed by atoms with Crippen LogP contribution in [0.3, 0.4) is 0 Å². The van der Waals surface area contributed by atoms with Gasteiger partial charge in [0.2, 0.25) is 5.91 Å². The average Bonchev–Trinajstić information content (AvgIpc) is 3.29. The number of carbonyl (C=O) groups is 1. The van der Waals surface area contributed by atoms with Gasteiger partial charge in [-0.3, -0.25) is 4.79 Å². The van der Waals surface area contributed by atoms with Crippen LogP contribution in [0.2, 0.25) is 0 Å². The molecule has 1 amide bonds. The molecule has 0 saturated carbocycles. The third-order valence-corrected chi connectivity index (χ3v) is 5.84. The van der Waals surface area contributed by atoms with E-state index in [2.05, 4.69) is 25.3 Å². The predicted molar refractivity (Wildman–Crippen MR) is 115 cm³/mol. The number of para-hydroxylation sites is 1. The Bertz CT molecular complexity index is 1220. The second-order valence-corrected chi connectivity index (χ2v) is 8.40. The zero-order valence-electron chi connectivity index (χ0n) is 16.0. The summed E-state index contributed by atoms with van der Waals surface area (Å²) in [6.45, 7) is 1.97. The molecule has 2 heterocycles. The van der Waals surface area contributed by atoms with Gasteiger partial charge in [0.05, 0.1) is 22.3 Å². The summed E-state index contributed by atoms with van der Waals surface area (Å²) >= 11 is 2.69. The van der Waals surface area contributed by atoms with E-state index in [0.29, 0.717) is 21.6 Å². The minimum atomic E-state index is -4.73. The highest BCUT2D eigenvalue weighted by Gasteiger charge is 2.30. The summed E-state index contributed by atoms with van der Waals surface area (Å²) in [5.41, 5.74) is 3.03. The topological polar surface area (TPSA) is 76.1 Å². The summed E-state index contributed by atoms with van der Waals surface area (Å²) in [5.74, 6) is -0.540. The first-order valence-electron chi connectivity index (χ1n) is 8.98. The number of amides is 1. The van der Waals surface area contributed by atoms with E-state index >= 15 is 0 Å². The van der Waals surface area contributed by atoms with Crippen LogP contribution in [0.4, 0.5) is 29.1 Å². The molecule has 4 aromatic rings. The van der Waals surface area contributed by atoms with E-state index in [1.54, 1.807) is 5.38 Å². The molecule has 0 saturated heterocycles. The maximum atomic E-state index is 12.4. The molecular weight excluding hydrogens is 449 g/mol. The van der Waals surface area contributed by atoms with E-state index in [-0.39, 0.29) is 18.1 Å². The minimum absolute atomic E-state index is 0.0748. The number of aromatic nitrogens is 2. The summed E-state index contributed by atoms with van der Waals surface area (Å²) in [4.78, 5) is 21.2. The molecule has 0 aliphatic rings. The summed E-state index contributed by atoms with van der Waals surface area (Å²) in [6, 6.07) is 11.2. The number of benzene rings is 2. The van der Waals surface area contributed by atoms with Crippen LogP contribution < -0.4 is 15.4 Å². The van der Waals surface area contributed by atoms with Crippen molar-refractivity contribution in [1.82, 2.24) is 9.97 Å². The number of rotatable bonds is 6. The molecule has 0 fully saturated rings. The Balaban J connectivity index is 1.35. The maximum absolute atomic E-state index is 12.4. The maximum Gasteiger partial charge on any atom is 0.573 e. The summed E-state index contributed by atoms with van der Waals surface area (Å²) in [7, 11) is 0. The number of ether oxygens (including phenoxy) is 1. The average molecular weight is 464 g/mol. The van der Waals surface area contributed by atoms with Crippen molar-refractivity contribution < 1.29 is 22.7 Å². The SMILES string of the molecule is Cc1cccc2sc(NC(=O)Cc3csc(Nc4ccc(OC(F)(F)F)cc4)n3)nc12. The summed E-state index contributed by atoms with van der Waals surface area (Å²) < 4.78 is 41.5. The molecule has 0 aliphatic heterocycles. The normalized spacial score (nSPS) is 11.5. The van der Waals surface area contributed by atoms with Crippen molar-refractivity contribution >= 4 is 54.7 Å². The summed E-state index contributed by atoms with van der Waals surface area (Å²) in [6.07, 6.45) is -4.66. The number of hydrogen-bond donors (Lipinski definition) is 2. The van der Waals surface area contributed by atoms with Crippen molar-refractivity contribution in [1.29, 1.82) is 0 Å². The van der Waals surface area contributed by atoms with Gasteiger partial charge in [0.15, 0.2) is 10.3 Å². The Kier molecular flexibility index (Phi) is 5.79. The molecule has 0 atom stereocenters. The van der Waals surface area contributed by atoms with Gasteiger partial charge in [-0.15, -0.1) is 24.5 Å². The van der Waals surface area contributed by atoms with Gasteiger partial charge in [0.1, 0.15) is 5.75 Å². The van der Waals surface area contributed by atoms with E-state index in [4.69, 9.17) is 0 Å². The highest BCUT2D eigenvalue weighted by atomic mass is 32.1. The Morgan fingerprint density at radius 2 is 1.87 bits per heavy atom. The second-order valence-electron chi connectivity index (χ2n) is 6.51. The highest BCUT2D eigenvalue weighted by Crippen LogP contribution is 2.29. The first-order valence-corrected chi connectivity index (χ1v) is 10.7. The molecule has 2 aromatic carbocycles. The number of aryl methyl sites for hydroxylation is 1. The van der Waals surface area contributed by atoms with Crippen LogP contribution in [-0.4, -0.2) is 22.2 Å². The Labute approximate surface area is 182 Å². The quantitative estimate of drug-likeness (QED) is 0.372. The number of carbonyl (C=O) groups excluding carboxylic acids is 1. The molecule has 0 bridgehead atoms. The smallest absolute Gasteiger partial charge is 0.406 e. The number of fused-ring (bicyclic) bond motifs is 1. The van der Waals surface area contributed by atoms with Crippen molar-refractivity contribution in [2.45, 2.75) is 19.7 Å². The van der Waals surface area contributed by atoms with Crippen LogP contribution in [0.15, 0.2) is 47.8 Å². The molecule has 11 heteroatoms. The van der Waals surface area contributed by atoms with Gasteiger partial charge < -0.3 is 15.4 Å². The first-order chi connectivity index (χ1) is 14.7. The molecule has 6 nitrogen and oxygen atoms in total. The third kappa shape index (κ3) is 5.50. The van der Waals surface area contributed by atoms with Crippen molar-refractivity contribution in [3.63, 3.8) is 0 Å². The van der Waals surface area contributed by atoms with Crippen LogP contribution >= 0.6 is 22.7 Å². The van der Waals surface area contributed by atoms with E-state index in [9.17, 15) is 18.0 Å². The molecular formula is C20H15F3N4O2S2. The Morgan fingerprint density at radius 1 is 1.10 bits per heavy atom. The number of anilines is 3. The van der Waals surface area contributed by atoms with Crippen molar-refractivity contribution in [2.24, 2.45) is 0 Å². The Morgan fingerprint density at radius 3 is 2.58 bits per heavy atom. The second kappa shape index (κ2) is 8.52. The van der Waals surface area contributed by atoms with Gasteiger partial charge in [0.25, 0.3) is 0 Å². The van der Waals surface area contributed by atoms with E-state index < -0.39 is 6.36 Å². The fraction of sp³-hybridized carbons (Fsp3) is 0.150. The van der Waals surface area contributed by atoms with Gasteiger partial charge in [-0.1, -0.05) is 23.5 Å². The molecule has 2 aromatic heterocycles. The number of hydrogen-bond acceptors (Lipinski definition) is 7. The first kappa shape index (κ1) is 21.1. The fourth-order valence-electron chi connectivity index (χ4n) is 2.78. The molecule has 31 heavy (non-hydrogen) atoms. The third-order valence-electron chi connectivity index (χ3n) is 4.10. The lowest BCUT2D eigenvalue weighted by Crippen LogP contribution is -2.16. The largest absolute Gasteiger partial charge is 0.573 e. The predicted octanol–water partition coefficient (Wildman–Crippen LogP) is 5.88. The molecule has 0 aliphatic carbocycles. The number of alkyl halides is 3. The Hall–Kier alpha value is -3.18. The van der Waals surface area contributed by atoms with Crippen molar-refractivity contribution in [3.05, 3.63) is 59.1 Å². The molecule has 0 radical (unpaired) electrons. The lowest BCUT2D eigenvalue weighted by molar-refractivity contribution is -0.274. The van der Waals surface area contributed by atoms with Gasteiger partial charge in [0, 0.05) is 11.1 Å². The van der Waals surface area contributed by atoms with Crippen LogP contribution in [0.5, 0.6) is 5.75 Å². The van der Waals surface area contributed by atoms with Gasteiger partial charge >= 0.3 is 6.36 Å². The lowest BCUT2D eigenvalue weighted by atomic mass is 10.2. The summed E-state index contributed by atoms with van der Waals surface area (Å²) in [5, 5.41) is 8.58.